The Kier molecular flexibility index (Phi) is 4.02. The summed E-state index contributed by atoms with van der Waals surface area (Å²) in [6, 6.07) is 14.3. The zero-order valence-corrected chi connectivity index (χ0v) is 11.1. The van der Waals surface area contributed by atoms with Gasteiger partial charge in [-0.15, -0.1) is 0 Å². The third kappa shape index (κ3) is 2.96. The van der Waals surface area contributed by atoms with Gasteiger partial charge in [0.25, 0.3) is 0 Å². The van der Waals surface area contributed by atoms with E-state index in [9.17, 15) is 4.79 Å². The lowest BCUT2D eigenvalue weighted by Gasteiger charge is -2.11. The molecular weight excluding hydrogens is 252 g/mol. The summed E-state index contributed by atoms with van der Waals surface area (Å²) in [5.41, 5.74) is 3.42. The number of hydrogen-bond donors (Lipinski definition) is 2. The molecule has 0 atom stereocenters. The summed E-state index contributed by atoms with van der Waals surface area (Å²) in [5.74, 6) is -0.940. The first kappa shape index (κ1) is 13.6. The maximum absolute atomic E-state index is 11.1. The van der Waals surface area contributed by atoms with Gasteiger partial charge in [-0.3, -0.25) is 0 Å². The molecule has 4 heteroatoms. The molecule has 0 aliphatic carbocycles. The normalized spacial score (nSPS) is 9.80. The molecule has 0 aliphatic rings. The molecule has 0 bridgehead atoms. The van der Waals surface area contributed by atoms with E-state index in [1.807, 2.05) is 19.1 Å². The maximum Gasteiger partial charge on any atom is 0.336 e. The minimum absolute atomic E-state index is 0.286. The van der Waals surface area contributed by atoms with Gasteiger partial charge in [-0.1, -0.05) is 24.3 Å². The molecule has 0 amide bonds. The molecule has 20 heavy (non-hydrogen) atoms. The van der Waals surface area contributed by atoms with Gasteiger partial charge < -0.3 is 10.4 Å². The van der Waals surface area contributed by atoms with Gasteiger partial charge in [-0.05, 0) is 36.2 Å². The highest BCUT2D eigenvalue weighted by atomic mass is 16.4. The van der Waals surface area contributed by atoms with Crippen LogP contribution in [0.2, 0.25) is 0 Å². The highest BCUT2D eigenvalue weighted by Gasteiger charge is 2.09. The Morgan fingerprint density at radius 2 is 2.05 bits per heavy atom. The van der Waals surface area contributed by atoms with Crippen molar-refractivity contribution in [1.82, 2.24) is 0 Å². The molecule has 0 saturated carbocycles. The van der Waals surface area contributed by atoms with Gasteiger partial charge in [0, 0.05) is 12.2 Å². The van der Waals surface area contributed by atoms with Crippen molar-refractivity contribution in [3.63, 3.8) is 0 Å². The van der Waals surface area contributed by atoms with E-state index in [0.29, 0.717) is 17.7 Å². The van der Waals surface area contributed by atoms with E-state index >= 15 is 0 Å². The fourth-order valence-electron chi connectivity index (χ4n) is 1.96. The smallest absolute Gasteiger partial charge is 0.336 e. The number of aryl methyl sites for hydroxylation is 1. The lowest BCUT2D eigenvalue weighted by molar-refractivity contribution is 0.0696. The molecule has 0 fully saturated rings. The predicted octanol–water partition coefficient (Wildman–Crippen LogP) is 3.18. The van der Waals surface area contributed by atoms with E-state index in [2.05, 4.69) is 11.4 Å². The van der Waals surface area contributed by atoms with Gasteiger partial charge in [0.2, 0.25) is 0 Å². The number of rotatable bonds is 4. The molecule has 2 N–H and O–H groups in total. The number of nitrogens with one attached hydrogen (secondary N) is 1. The van der Waals surface area contributed by atoms with Crippen LogP contribution in [0.4, 0.5) is 5.69 Å². The molecule has 0 radical (unpaired) electrons. The summed E-state index contributed by atoms with van der Waals surface area (Å²) in [6.07, 6.45) is 0. The average Bonchev–Trinajstić information content (AvgIpc) is 2.46. The Bertz CT molecular complexity index is 687. The summed E-state index contributed by atoms with van der Waals surface area (Å²) >= 11 is 0. The van der Waals surface area contributed by atoms with Gasteiger partial charge in [0.05, 0.1) is 17.2 Å². The number of hydrogen-bond acceptors (Lipinski definition) is 3. The number of aromatic carboxylic acids is 1. The van der Waals surface area contributed by atoms with Gasteiger partial charge in [0.1, 0.15) is 0 Å². The van der Waals surface area contributed by atoms with Gasteiger partial charge >= 0.3 is 5.97 Å². The van der Waals surface area contributed by atoms with Gasteiger partial charge in [0.15, 0.2) is 0 Å². The zero-order chi connectivity index (χ0) is 14.5. The van der Waals surface area contributed by atoms with E-state index < -0.39 is 5.97 Å². The largest absolute Gasteiger partial charge is 0.478 e. The van der Waals surface area contributed by atoms with Crippen LogP contribution in [0.15, 0.2) is 42.5 Å². The standard InChI is InChI=1S/C16H14N2O2/c1-11-6-7-12(9-17)8-15(11)18-10-13-4-2-3-5-14(13)16(19)20/h2-8,18H,10H2,1H3,(H,19,20). The van der Waals surface area contributed by atoms with Crippen LogP contribution < -0.4 is 5.32 Å². The van der Waals surface area contributed by atoms with Crippen molar-refractivity contribution < 1.29 is 9.90 Å². The van der Waals surface area contributed by atoms with Crippen LogP contribution in [0, 0.1) is 18.3 Å². The number of nitriles is 1. The maximum atomic E-state index is 11.1. The average molecular weight is 266 g/mol. The Hall–Kier alpha value is -2.80. The number of carboxylic acid groups (broad SMARTS) is 1. The van der Waals surface area contributed by atoms with Crippen molar-refractivity contribution in [3.8, 4) is 6.07 Å². The first-order chi connectivity index (χ1) is 9.61. The SMILES string of the molecule is Cc1ccc(C#N)cc1NCc1ccccc1C(=O)O. The topological polar surface area (TPSA) is 73.1 Å². The molecule has 0 spiro atoms. The first-order valence-electron chi connectivity index (χ1n) is 6.17. The lowest BCUT2D eigenvalue weighted by atomic mass is 10.1. The second-order valence-electron chi connectivity index (χ2n) is 4.46. The highest BCUT2D eigenvalue weighted by molar-refractivity contribution is 5.89. The molecule has 4 nitrogen and oxygen atoms in total. The summed E-state index contributed by atoms with van der Waals surface area (Å²) in [7, 11) is 0. The van der Waals surface area contributed by atoms with Crippen molar-refractivity contribution in [1.29, 1.82) is 5.26 Å². The second-order valence-corrected chi connectivity index (χ2v) is 4.46. The minimum atomic E-state index is -0.940. The van der Waals surface area contributed by atoms with Crippen LogP contribution in [0.5, 0.6) is 0 Å². The predicted molar refractivity (Wildman–Crippen MR) is 76.6 cm³/mol. The van der Waals surface area contributed by atoms with Crippen LogP contribution in [0.1, 0.15) is 27.0 Å². The number of carboxylic acids is 1. The van der Waals surface area contributed by atoms with Crippen molar-refractivity contribution in [3.05, 3.63) is 64.7 Å². The lowest BCUT2D eigenvalue weighted by Crippen LogP contribution is -2.07. The van der Waals surface area contributed by atoms with E-state index in [-0.39, 0.29) is 5.56 Å². The molecule has 0 unspecified atom stereocenters. The van der Waals surface area contributed by atoms with E-state index in [0.717, 1.165) is 11.3 Å². The molecule has 2 rings (SSSR count). The van der Waals surface area contributed by atoms with Crippen LogP contribution in [0.3, 0.4) is 0 Å². The third-order valence-corrected chi connectivity index (χ3v) is 3.08. The monoisotopic (exact) mass is 266 g/mol. The molecule has 2 aromatic carbocycles. The molecule has 0 aromatic heterocycles. The van der Waals surface area contributed by atoms with E-state index in [4.69, 9.17) is 10.4 Å². The second kappa shape index (κ2) is 5.89. The number of anilines is 1. The number of nitrogens with zero attached hydrogens (tertiary/aromatic N) is 1. The van der Waals surface area contributed by atoms with Crippen LogP contribution in [-0.2, 0) is 6.54 Å². The number of carbonyl (C=O) groups is 1. The van der Waals surface area contributed by atoms with Gasteiger partial charge in [-0.25, -0.2) is 4.79 Å². The third-order valence-electron chi connectivity index (χ3n) is 3.08. The van der Waals surface area contributed by atoms with Crippen molar-refractivity contribution in [2.75, 3.05) is 5.32 Å². The zero-order valence-electron chi connectivity index (χ0n) is 11.1. The van der Waals surface area contributed by atoms with Crippen molar-refractivity contribution in [2.45, 2.75) is 13.5 Å². The Morgan fingerprint density at radius 1 is 1.30 bits per heavy atom. The minimum Gasteiger partial charge on any atom is -0.478 e. The van der Waals surface area contributed by atoms with Crippen LogP contribution in [0.25, 0.3) is 0 Å². The van der Waals surface area contributed by atoms with E-state index in [1.165, 1.54) is 0 Å². The van der Waals surface area contributed by atoms with Crippen LogP contribution >= 0.6 is 0 Å². The number of benzene rings is 2. The fraction of sp³-hybridized carbons (Fsp3) is 0.125. The summed E-state index contributed by atoms with van der Waals surface area (Å²) in [6.45, 7) is 2.34. The Morgan fingerprint density at radius 3 is 2.75 bits per heavy atom. The Balaban J connectivity index is 2.21. The molecule has 0 saturated heterocycles. The first-order valence-corrected chi connectivity index (χ1v) is 6.17. The highest BCUT2D eigenvalue weighted by Crippen LogP contribution is 2.18. The van der Waals surface area contributed by atoms with Crippen LogP contribution in [-0.4, -0.2) is 11.1 Å². The quantitative estimate of drug-likeness (QED) is 0.891. The summed E-state index contributed by atoms with van der Waals surface area (Å²) in [4.78, 5) is 11.1. The van der Waals surface area contributed by atoms with Crippen molar-refractivity contribution >= 4 is 11.7 Å². The molecule has 0 heterocycles. The fourth-order valence-corrected chi connectivity index (χ4v) is 1.96. The molecular formula is C16H14N2O2. The molecule has 0 aliphatic heterocycles. The van der Waals surface area contributed by atoms with Crippen molar-refractivity contribution in [2.24, 2.45) is 0 Å². The Labute approximate surface area is 117 Å². The van der Waals surface area contributed by atoms with Gasteiger partial charge in [-0.2, -0.15) is 5.26 Å². The summed E-state index contributed by atoms with van der Waals surface area (Å²) in [5, 5.41) is 21.2. The van der Waals surface area contributed by atoms with E-state index in [1.54, 1.807) is 30.3 Å². The summed E-state index contributed by atoms with van der Waals surface area (Å²) < 4.78 is 0. The molecule has 2 aromatic rings. The molecule has 100 valence electrons.